The van der Waals surface area contributed by atoms with Crippen LogP contribution in [0.2, 0.25) is 0 Å². The van der Waals surface area contributed by atoms with Crippen molar-refractivity contribution in [2.24, 2.45) is 0 Å². The molecule has 1 aromatic carbocycles. The van der Waals surface area contributed by atoms with E-state index >= 15 is 0 Å². The highest BCUT2D eigenvalue weighted by atomic mass is 32.2. The third-order valence-corrected chi connectivity index (χ3v) is 5.70. The number of amides is 1. The second-order valence-corrected chi connectivity index (χ2v) is 7.55. The monoisotopic (exact) mass is 314 g/mol. The third kappa shape index (κ3) is 3.41. The largest absolute Gasteiger partial charge is 0.339 e. The van der Waals surface area contributed by atoms with Gasteiger partial charge in [-0.15, -0.1) is 0 Å². The van der Waals surface area contributed by atoms with Crippen LogP contribution in [-0.2, 0) is 14.6 Å². The van der Waals surface area contributed by atoms with Crippen molar-refractivity contribution >= 4 is 15.7 Å². The first kappa shape index (κ1) is 15.9. The number of halogens is 1. The summed E-state index contributed by atoms with van der Waals surface area (Å²) in [6.45, 7) is 4.96. The van der Waals surface area contributed by atoms with E-state index in [1.54, 1.807) is 4.90 Å². The Morgan fingerprint density at radius 1 is 1.38 bits per heavy atom. The standard InChI is InChI=1S/C14H19FN2O3S/c1-10-9-17(8-7-16-10)14(18)11(2)21(19,20)13-5-3-12(15)4-6-13/h3-6,10-11,16H,7-9H2,1-2H3/t10-,11-/m1/s1. The maximum Gasteiger partial charge on any atom is 0.241 e. The van der Waals surface area contributed by atoms with E-state index in [-0.39, 0.29) is 10.9 Å². The summed E-state index contributed by atoms with van der Waals surface area (Å²) in [6, 6.07) is 4.68. The van der Waals surface area contributed by atoms with E-state index in [1.165, 1.54) is 19.1 Å². The van der Waals surface area contributed by atoms with E-state index in [1.807, 2.05) is 6.92 Å². The fraction of sp³-hybridized carbons (Fsp3) is 0.500. The Morgan fingerprint density at radius 2 is 2.00 bits per heavy atom. The molecule has 0 saturated carbocycles. The highest BCUT2D eigenvalue weighted by Crippen LogP contribution is 2.18. The average Bonchev–Trinajstić information content (AvgIpc) is 2.46. The minimum Gasteiger partial charge on any atom is -0.339 e. The van der Waals surface area contributed by atoms with Crippen LogP contribution in [0.15, 0.2) is 29.2 Å². The number of hydrogen-bond donors (Lipinski definition) is 1. The minimum absolute atomic E-state index is 0.0343. The SMILES string of the molecule is C[C@@H]1CN(C(=O)[C@@H](C)S(=O)(=O)c2ccc(F)cc2)CCN1. The molecule has 1 heterocycles. The highest BCUT2D eigenvalue weighted by Gasteiger charge is 2.34. The highest BCUT2D eigenvalue weighted by molar-refractivity contribution is 7.92. The summed E-state index contributed by atoms with van der Waals surface area (Å²) in [5, 5.41) is 2.02. The van der Waals surface area contributed by atoms with Crippen molar-refractivity contribution in [2.45, 2.75) is 30.0 Å². The average molecular weight is 314 g/mol. The molecule has 1 aliphatic rings. The normalized spacial score (nSPS) is 21.1. The van der Waals surface area contributed by atoms with Gasteiger partial charge in [-0.05, 0) is 38.1 Å². The molecule has 5 nitrogen and oxygen atoms in total. The Bertz CT molecular complexity index is 616. The molecule has 1 saturated heterocycles. The van der Waals surface area contributed by atoms with Crippen LogP contribution in [0.5, 0.6) is 0 Å². The fourth-order valence-electron chi connectivity index (χ4n) is 2.35. The molecular weight excluding hydrogens is 295 g/mol. The van der Waals surface area contributed by atoms with Crippen molar-refractivity contribution in [3.8, 4) is 0 Å². The molecule has 21 heavy (non-hydrogen) atoms. The smallest absolute Gasteiger partial charge is 0.241 e. The van der Waals surface area contributed by atoms with Crippen LogP contribution in [0.1, 0.15) is 13.8 Å². The van der Waals surface area contributed by atoms with Crippen LogP contribution >= 0.6 is 0 Å². The van der Waals surface area contributed by atoms with Crippen molar-refractivity contribution in [1.29, 1.82) is 0 Å². The first-order valence-electron chi connectivity index (χ1n) is 6.84. The van der Waals surface area contributed by atoms with Gasteiger partial charge >= 0.3 is 0 Å². The van der Waals surface area contributed by atoms with Gasteiger partial charge in [0.25, 0.3) is 0 Å². The summed E-state index contributed by atoms with van der Waals surface area (Å²) >= 11 is 0. The van der Waals surface area contributed by atoms with Crippen molar-refractivity contribution in [3.63, 3.8) is 0 Å². The number of rotatable bonds is 3. The molecule has 116 valence electrons. The molecule has 0 unspecified atom stereocenters. The quantitative estimate of drug-likeness (QED) is 0.839. The molecule has 0 bridgehead atoms. The molecule has 0 radical (unpaired) electrons. The second-order valence-electron chi connectivity index (χ2n) is 5.28. The predicted octanol–water partition coefficient (Wildman–Crippen LogP) is 0.808. The summed E-state index contributed by atoms with van der Waals surface area (Å²) in [5.41, 5.74) is 0. The van der Waals surface area contributed by atoms with Crippen LogP contribution in [0.4, 0.5) is 4.39 Å². The van der Waals surface area contributed by atoms with E-state index in [0.29, 0.717) is 19.6 Å². The second kappa shape index (κ2) is 6.11. The zero-order chi connectivity index (χ0) is 15.6. The molecule has 0 spiro atoms. The fourth-order valence-corrected chi connectivity index (χ4v) is 3.69. The summed E-state index contributed by atoms with van der Waals surface area (Å²) < 4.78 is 37.7. The number of hydrogen-bond acceptors (Lipinski definition) is 4. The Kier molecular flexibility index (Phi) is 4.63. The van der Waals surface area contributed by atoms with Gasteiger partial charge in [0.05, 0.1) is 4.90 Å². The van der Waals surface area contributed by atoms with Crippen molar-refractivity contribution in [2.75, 3.05) is 19.6 Å². The zero-order valence-corrected chi connectivity index (χ0v) is 12.9. The number of sulfone groups is 1. The lowest BCUT2D eigenvalue weighted by molar-refractivity contribution is -0.131. The Hall–Kier alpha value is -1.47. The van der Waals surface area contributed by atoms with E-state index in [4.69, 9.17) is 0 Å². The number of nitrogens with zero attached hydrogens (tertiary/aromatic N) is 1. The third-order valence-electron chi connectivity index (χ3n) is 3.64. The summed E-state index contributed by atoms with van der Waals surface area (Å²) in [7, 11) is -3.80. The van der Waals surface area contributed by atoms with Gasteiger partial charge in [0.2, 0.25) is 5.91 Å². The molecular formula is C14H19FN2O3S. The number of benzene rings is 1. The van der Waals surface area contributed by atoms with Gasteiger partial charge in [-0.1, -0.05) is 0 Å². The topological polar surface area (TPSA) is 66.5 Å². The Labute approximate surface area is 124 Å². The van der Waals surface area contributed by atoms with Crippen LogP contribution in [0, 0.1) is 5.82 Å². The number of carbonyl (C=O) groups is 1. The number of piperazine rings is 1. The molecule has 0 aliphatic carbocycles. The van der Waals surface area contributed by atoms with E-state index < -0.39 is 26.8 Å². The molecule has 2 atom stereocenters. The molecule has 1 aliphatic heterocycles. The number of carbonyl (C=O) groups excluding carboxylic acids is 1. The summed E-state index contributed by atoms with van der Waals surface area (Å²) in [4.78, 5) is 13.9. The molecule has 0 aromatic heterocycles. The summed E-state index contributed by atoms with van der Waals surface area (Å²) in [5.74, 6) is -0.920. The van der Waals surface area contributed by atoms with Gasteiger partial charge in [-0.2, -0.15) is 0 Å². The first-order valence-corrected chi connectivity index (χ1v) is 8.38. The van der Waals surface area contributed by atoms with Crippen molar-refractivity contribution < 1.29 is 17.6 Å². The lowest BCUT2D eigenvalue weighted by atomic mass is 10.2. The number of nitrogens with one attached hydrogen (secondary N) is 1. The van der Waals surface area contributed by atoms with Gasteiger partial charge in [0.15, 0.2) is 9.84 Å². The molecule has 1 amide bonds. The van der Waals surface area contributed by atoms with Crippen LogP contribution < -0.4 is 5.32 Å². The maximum absolute atomic E-state index is 12.9. The zero-order valence-electron chi connectivity index (χ0n) is 12.0. The summed E-state index contributed by atoms with van der Waals surface area (Å²) in [6.07, 6.45) is 0. The molecule has 1 N–H and O–H groups in total. The van der Waals surface area contributed by atoms with Gasteiger partial charge in [0, 0.05) is 25.7 Å². The molecule has 1 aromatic rings. The Balaban J connectivity index is 2.19. The molecule has 1 fully saturated rings. The molecule has 7 heteroatoms. The lowest BCUT2D eigenvalue weighted by Gasteiger charge is -2.33. The van der Waals surface area contributed by atoms with Crippen LogP contribution in [0.3, 0.4) is 0 Å². The maximum atomic E-state index is 12.9. The predicted molar refractivity (Wildman–Crippen MR) is 77.1 cm³/mol. The van der Waals surface area contributed by atoms with Gasteiger partial charge in [-0.25, -0.2) is 12.8 Å². The van der Waals surface area contributed by atoms with Gasteiger partial charge in [-0.3, -0.25) is 4.79 Å². The van der Waals surface area contributed by atoms with Crippen LogP contribution in [0.25, 0.3) is 0 Å². The van der Waals surface area contributed by atoms with Gasteiger partial charge in [0.1, 0.15) is 11.1 Å². The van der Waals surface area contributed by atoms with E-state index in [2.05, 4.69) is 5.32 Å². The van der Waals surface area contributed by atoms with Crippen molar-refractivity contribution in [3.05, 3.63) is 30.1 Å². The van der Waals surface area contributed by atoms with Crippen LogP contribution in [-0.4, -0.2) is 50.2 Å². The molecule has 2 rings (SSSR count). The van der Waals surface area contributed by atoms with E-state index in [0.717, 1.165) is 12.1 Å². The van der Waals surface area contributed by atoms with Gasteiger partial charge < -0.3 is 10.2 Å². The first-order chi connectivity index (χ1) is 9.82. The van der Waals surface area contributed by atoms with Crippen molar-refractivity contribution in [1.82, 2.24) is 10.2 Å². The Morgan fingerprint density at radius 3 is 2.57 bits per heavy atom. The minimum atomic E-state index is -3.80. The lowest BCUT2D eigenvalue weighted by Crippen LogP contribution is -2.54. The van der Waals surface area contributed by atoms with E-state index in [9.17, 15) is 17.6 Å².